The Morgan fingerprint density at radius 3 is 2.59 bits per heavy atom. The Hall–Kier alpha value is -2.11. The molecule has 6 heteroatoms. The van der Waals surface area contributed by atoms with Gasteiger partial charge in [-0.05, 0) is 19.9 Å². The van der Waals surface area contributed by atoms with Crippen molar-refractivity contribution >= 4 is 17.3 Å². The van der Waals surface area contributed by atoms with Gasteiger partial charge < -0.3 is 10.4 Å². The molecule has 6 nitrogen and oxygen atoms in total. The largest absolute Gasteiger partial charge is 0.481 e. The van der Waals surface area contributed by atoms with Gasteiger partial charge in [-0.15, -0.1) is 0 Å². The first kappa shape index (κ1) is 13.0. The summed E-state index contributed by atoms with van der Waals surface area (Å²) in [4.78, 5) is 20.9. The Morgan fingerprint density at radius 2 is 2.06 bits per heavy atom. The van der Waals surface area contributed by atoms with Gasteiger partial charge in [-0.25, -0.2) is 0 Å². The van der Waals surface area contributed by atoms with Crippen molar-refractivity contribution in [3.05, 3.63) is 34.4 Å². The summed E-state index contributed by atoms with van der Waals surface area (Å²) >= 11 is 0. The highest BCUT2D eigenvalue weighted by molar-refractivity contribution is 5.70. The van der Waals surface area contributed by atoms with Crippen molar-refractivity contribution in [1.29, 1.82) is 0 Å². The van der Waals surface area contributed by atoms with Gasteiger partial charge in [0.2, 0.25) is 0 Å². The number of carboxylic acid groups (broad SMARTS) is 1. The highest BCUT2D eigenvalue weighted by Crippen LogP contribution is 2.27. The molecule has 2 N–H and O–H groups in total. The number of para-hydroxylation sites is 2. The molecular weight excluding hydrogens is 224 g/mol. The van der Waals surface area contributed by atoms with Crippen molar-refractivity contribution in [2.45, 2.75) is 25.8 Å². The number of aliphatic carboxylic acids is 1. The van der Waals surface area contributed by atoms with Crippen LogP contribution in [0.15, 0.2) is 24.3 Å². The van der Waals surface area contributed by atoms with Crippen LogP contribution in [0.2, 0.25) is 0 Å². The van der Waals surface area contributed by atoms with Crippen LogP contribution in [0.5, 0.6) is 0 Å². The van der Waals surface area contributed by atoms with E-state index < -0.39 is 16.4 Å². The van der Waals surface area contributed by atoms with E-state index in [0.717, 1.165) is 0 Å². The number of rotatable bonds is 5. The molecule has 0 heterocycles. The number of carboxylic acids is 1. The van der Waals surface area contributed by atoms with Gasteiger partial charge in [-0.3, -0.25) is 14.9 Å². The number of nitro groups is 1. The highest BCUT2D eigenvalue weighted by Gasteiger charge is 2.24. The molecule has 0 atom stereocenters. The molecule has 0 aliphatic rings. The van der Waals surface area contributed by atoms with Crippen LogP contribution in [0.3, 0.4) is 0 Å². The Labute approximate surface area is 98.4 Å². The second-order valence-electron chi connectivity index (χ2n) is 4.35. The number of hydrogen-bond acceptors (Lipinski definition) is 4. The number of nitrogens with zero attached hydrogens (tertiary/aromatic N) is 1. The van der Waals surface area contributed by atoms with Gasteiger partial charge in [-0.2, -0.15) is 0 Å². The Kier molecular flexibility index (Phi) is 3.67. The molecule has 0 aromatic heterocycles. The highest BCUT2D eigenvalue weighted by atomic mass is 16.6. The number of nitrogens with one attached hydrogen (secondary N) is 1. The fourth-order valence-electron chi connectivity index (χ4n) is 1.53. The summed E-state index contributed by atoms with van der Waals surface area (Å²) < 4.78 is 0. The standard InChI is InChI=1S/C11H14N2O4/c1-11(2,7-10(14)15)12-8-5-3-4-6-9(8)13(16)17/h3-6,12H,7H2,1-2H3,(H,14,15). The van der Waals surface area contributed by atoms with E-state index in [9.17, 15) is 14.9 Å². The van der Waals surface area contributed by atoms with E-state index in [0.29, 0.717) is 5.69 Å². The Morgan fingerprint density at radius 1 is 1.47 bits per heavy atom. The number of benzene rings is 1. The van der Waals surface area contributed by atoms with Crippen molar-refractivity contribution in [2.75, 3.05) is 5.32 Å². The van der Waals surface area contributed by atoms with Gasteiger partial charge in [0.25, 0.3) is 5.69 Å². The fourth-order valence-corrected chi connectivity index (χ4v) is 1.53. The van der Waals surface area contributed by atoms with Gasteiger partial charge in [0.1, 0.15) is 5.69 Å². The zero-order valence-corrected chi connectivity index (χ0v) is 9.64. The lowest BCUT2D eigenvalue weighted by Crippen LogP contribution is -2.33. The van der Waals surface area contributed by atoms with Gasteiger partial charge in [0.15, 0.2) is 0 Å². The molecule has 0 aliphatic carbocycles. The van der Waals surface area contributed by atoms with Crippen LogP contribution in [0.25, 0.3) is 0 Å². The van der Waals surface area contributed by atoms with Crippen LogP contribution >= 0.6 is 0 Å². The van der Waals surface area contributed by atoms with E-state index in [4.69, 9.17) is 5.11 Å². The maximum Gasteiger partial charge on any atom is 0.305 e. The minimum absolute atomic E-state index is 0.0639. The van der Waals surface area contributed by atoms with Gasteiger partial charge in [0, 0.05) is 11.6 Å². The minimum atomic E-state index is -0.957. The van der Waals surface area contributed by atoms with Crippen molar-refractivity contribution in [2.24, 2.45) is 0 Å². The lowest BCUT2D eigenvalue weighted by molar-refractivity contribution is -0.384. The molecule has 0 saturated carbocycles. The van der Waals surface area contributed by atoms with Crippen molar-refractivity contribution in [3.8, 4) is 0 Å². The third-order valence-electron chi connectivity index (χ3n) is 2.17. The van der Waals surface area contributed by atoms with Crippen molar-refractivity contribution in [3.63, 3.8) is 0 Å². The quantitative estimate of drug-likeness (QED) is 0.606. The zero-order valence-electron chi connectivity index (χ0n) is 9.64. The Bertz CT molecular complexity index is 443. The van der Waals surface area contributed by atoms with E-state index in [1.165, 1.54) is 6.07 Å². The van der Waals surface area contributed by atoms with Crippen LogP contribution in [0.1, 0.15) is 20.3 Å². The second kappa shape index (κ2) is 4.82. The summed E-state index contributed by atoms with van der Waals surface area (Å²) in [6.45, 7) is 3.36. The molecule has 1 aromatic rings. The first-order valence-electron chi connectivity index (χ1n) is 5.05. The fraction of sp³-hybridized carbons (Fsp3) is 0.364. The molecular formula is C11H14N2O4. The van der Waals surface area contributed by atoms with Crippen LogP contribution < -0.4 is 5.32 Å². The molecule has 0 spiro atoms. The topological polar surface area (TPSA) is 92.5 Å². The van der Waals surface area contributed by atoms with Crippen molar-refractivity contribution in [1.82, 2.24) is 0 Å². The predicted molar refractivity (Wildman–Crippen MR) is 63.1 cm³/mol. The van der Waals surface area contributed by atoms with Gasteiger partial charge >= 0.3 is 5.97 Å². The van der Waals surface area contributed by atoms with Gasteiger partial charge in [0.05, 0.1) is 11.3 Å². The van der Waals surface area contributed by atoms with Crippen molar-refractivity contribution < 1.29 is 14.8 Å². The number of hydrogen-bond donors (Lipinski definition) is 2. The monoisotopic (exact) mass is 238 g/mol. The summed E-state index contributed by atoms with van der Waals surface area (Å²) in [5.41, 5.74) is -0.493. The number of carbonyl (C=O) groups is 1. The van der Waals surface area contributed by atoms with E-state index >= 15 is 0 Å². The van der Waals surface area contributed by atoms with Crippen LogP contribution in [0, 0.1) is 10.1 Å². The number of anilines is 1. The average Bonchev–Trinajstić information content (AvgIpc) is 2.14. The maximum atomic E-state index is 10.8. The molecule has 0 bridgehead atoms. The van der Waals surface area contributed by atoms with E-state index in [2.05, 4.69) is 5.32 Å². The molecule has 0 radical (unpaired) electrons. The Balaban J connectivity index is 2.95. The molecule has 0 fully saturated rings. The SMILES string of the molecule is CC(C)(CC(=O)O)Nc1ccccc1[N+](=O)[O-]. The summed E-state index contributed by atoms with van der Waals surface area (Å²) in [6.07, 6.45) is -0.126. The third kappa shape index (κ3) is 3.75. The first-order valence-corrected chi connectivity index (χ1v) is 5.05. The maximum absolute atomic E-state index is 10.8. The molecule has 0 amide bonds. The molecule has 1 rings (SSSR count). The van der Waals surface area contributed by atoms with E-state index in [1.807, 2.05) is 0 Å². The lowest BCUT2D eigenvalue weighted by atomic mass is 10.00. The third-order valence-corrected chi connectivity index (χ3v) is 2.17. The molecule has 1 aromatic carbocycles. The molecule has 0 unspecified atom stereocenters. The normalized spacial score (nSPS) is 10.9. The van der Waals surface area contributed by atoms with E-state index in [1.54, 1.807) is 32.0 Å². The van der Waals surface area contributed by atoms with Crippen LogP contribution in [-0.2, 0) is 4.79 Å². The summed E-state index contributed by atoms with van der Waals surface area (Å²) in [7, 11) is 0. The summed E-state index contributed by atoms with van der Waals surface area (Å²) in [5.74, 6) is -0.957. The molecule has 92 valence electrons. The smallest absolute Gasteiger partial charge is 0.305 e. The predicted octanol–water partition coefficient (Wildman–Crippen LogP) is 2.26. The molecule has 17 heavy (non-hydrogen) atoms. The first-order chi connectivity index (χ1) is 7.82. The average molecular weight is 238 g/mol. The van der Waals surface area contributed by atoms with Gasteiger partial charge in [-0.1, -0.05) is 12.1 Å². The molecule has 0 saturated heterocycles. The lowest BCUT2D eigenvalue weighted by Gasteiger charge is -2.25. The summed E-state index contributed by atoms with van der Waals surface area (Å²) in [6, 6.07) is 6.15. The summed E-state index contributed by atoms with van der Waals surface area (Å²) in [5, 5.41) is 22.4. The van der Waals surface area contributed by atoms with Crippen LogP contribution in [-0.4, -0.2) is 21.5 Å². The number of nitro benzene ring substituents is 1. The minimum Gasteiger partial charge on any atom is -0.481 e. The zero-order chi connectivity index (χ0) is 13.1. The van der Waals surface area contributed by atoms with Crippen LogP contribution in [0.4, 0.5) is 11.4 Å². The van der Waals surface area contributed by atoms with E-state index in [-0.39, 0.29) is 12.1 Å². The second-order valence-corrected chi connectivity index (χ2v) is 4.35. The molecule has 0 aliphatic heterocycles.